The topological polar surface area (TPSA) is 48.7 Å². The molecule has 152 valence electrons. The van der Waals surface area contributed by atoms with Crippen molar-refractivity contribution in [3.63, 3.8) is 0 Å². The Morgan fingerprint density at radius 2 is 1.77 bits per heavy atom. The zero-order valence-electron chi connectivity index (χ0n) is 16.8. The van der Waals surface area contributed by atoms with Crippen molar-refractivity contribution in [2.24, 2.45) is 0 Å². The predicted octanol–water partition coefficient (Wildman–Crippen LogP) is 6.93. The van der Waals surface area contributed by atoms with Gasteiger partial charge in [-0.1, -0.05) is 54.6 Å². The van der Waals surface area contributed by atoms with Crippen molar-refractivity contribution < 1.29 is 18.7 Å². The van der Waals surface area contributed by atoms with E-state index in [1.807, 2.05) is 60.7 Å². The predicted molar refractivity (Wildman–Crippen MR) is 121 cm³/mol. The molecule has 0 N–H and O–H groups in total. The van der Waals surface area contributed by atoms with E-state index in [9.17, 15) is 4.79 Å². The highest BCUT2D eigenvalue weighted by Gasteiger charge is 2.24. The maximum Gasteiger partial charge on any atom is 0.342 e. The molecule has 4 rings (SSSR count). The number of ether oxygens (including phenoxy) is 2. The lowest BCUT2D eigenvalue weighted by molar-refractivity contribution is 0.0528. The number of halogens is 1. The average Bonchev–Trinajstić information content (AvgIpc) is 3.12. The molecular weight excluding hydrogens is 444 g/mol. The van der Waals surface area contributed by atoms with E-state index in [4.69, 9.17) is 13.9 Å². The van der Waals surface area contributed by atoms with Crippen molar-refractivity contribution in [1.82, 2.24) is 0 Å². The maximum atomic E-state index is 12.8. The van der Waals surface area contributed by atoms with Crippen molar-refractivity contribution >= 4 is 32.9 Å². The molecule has 1 heterocycles. The summed E-state index contributed by atoms with van der Waals surface area (Å²) >= 11 is 3.57. The second kappa shape index (κ2) is 8.76. The smallest absolute Gasteiger partial charge is 0.342 e. The summed E-state index contributed by atoms with van der Waals surface area (Å²) < 4.78 is 18.2. The molecule has 0 saturated heterocycles. The molecule has 1 aromatic heterocycles. The number of rotatable bonds is 6. The molecule has 0 radical (unpaired) electrons. The SMILES string of the molecule is CCOC(=O)c1c(-c2ccccc2)oc2cc(Br)c(OCc3ccccc3C)cc12. The summed E-state index contributed by atoms with van der Waals surface area (Å²) in [6, 6.07) is 21.3. The van der Waals surface area contributed by atoms with E-state index >= 15 is 0 Å². The van der Waals surface area contributed by atoms with Gasteiger partial charge in [0.25, 0.3) is 0 Å². The minimum atomic E-state index is -0.415. The molecule has 0 spiro atoms. The normalized spacial score (nSPS) is 10.9. The molecule has 4 aromatic rings. The first-order valence-electron chi connectivity index (χ1n) is 9.74. The summed E-state index contributed by atoms with van der Waals surface area (Å²) in [6.07, 6.45) is 0. The number of hydrogen-bond donors (Lipinski definition) is 0. The highest BCUT2D eigenvalue weighted by molar-refractivity contribution is 9.10. The molecule has 0 aliphatic rings. The van der Waals surface area contributed by atoms with Gasteiger partial charge in [0.1, 0.15) is 29.3 Å². The van der Waals surface area contributed by atoms with Gasteiger partial charge in [0.05, 0.1) is 11.1 Å². The van der Waals surface area contributed by atoms with Crippen LogP contribution >= 0.6 is 15.9 Å². The zero-order valence-corrected chi connectivity index (χ0v) is 18.4. The van der Waals surface area contributed by atoms with Crippen LogP contribution in [0.1, 0.15) is 28.4 Å². The van der Waals surface area contributed by atoms with Crippen molar-refractivity contribution in [2.75, 3.05) is 6.61 Å². The molecule has 0 aliphatic carbocycles. The van der Waals surface area contributed by atoms with Gasteiger partial charge in [-0.2, -0.15) is 0 Å². The summed E-state index contributed by atoms with van der Waals surface area (Å²) in [6.45, 7) is 4.55. The minimum absolute atomic E-state index is 0.285. The molecule has 0 atom stereocenters. The Hall–Kier alpha value is -3.05. The number of carbonyl (C=O) groups is 1. The Morgan fingerprint density at radius 1 is 1.03 bits per heavy atom. The molecular formula is C25H21BrO4. The number of carbonyl (C=O) groups excluding carboxylic acids is 1. The second-order valence-corrected chi connectivity index (χ2v) is 7.74. The van der Waals surface area contributed by atoms with E-state index < -0.39 is 5.97 Å². The third-order valence-electron chi connectivity index (χ3n) is 4.90. The van der Waals surface area contributed by atoms with Crippen LogP contribution in [0.25, 0.3) is 22.3 Å². The fraction of sp³-hybridized carbons (Fsp3) is 0.160. The third-order valence-corrected chi connectivity index (χ3v) is 5.52. The lowest BCUT2D eigenvalue weighted by Crippen LogP contribution is -2.05. The van der Waals surface area contributed by atoms with Gasteiger partial charge in [0.15, 0.2) is 0 Å². The van der Waals surface area contributed by atoms with E-state index in [-0.39, 0.29) is 6.61 Å². The fourth-order valence-corrected chi connectivity index (χ4v) is 3.77. The number of benzene rings is 3. The molecule has 0 bridgehead atoms. The van der Waals surface area contributed by atoms with Gasteiger partial charge in [-0.15, -0.1) is 0 Å². The molecule has 0 saturated carbocycles. The number of aryl methyl sites for hydroxylation is 1. The largest absolute Gasteiger partial charge is 0.488 e. The van der Waals surface area contributed by atoms with E-state index in [0.717, 1.165) is 21.2 Å². The molecule has 0 amide bonds. The molecule has 0 unspecified atom stereocenters. The Labute approximate surface area is 183 Å². The van der Waals surface area contributed by atoms with Crippen LogP contribution in [0.5, 0.6) is 5.75 Å². The monoisotopic (exact) mass is 464 g/mol. The first kappa shape index (κ1) is 20.2. The summed E-state index contributed by atoms with van der Waals surface area (Å²) in [4.78, 5) is 12.8. The van der Waals surface area contributed by atoms with E-state index in [1.54, 1.807) is 6.92 Å². The molecule has 0 aliphatic heterocycles. The van der Waals surface area contributed by atoms with Crippen LogP contribution < -0.4 is 4.74 Å². The van der Waals surface area contributed by atoms with Gasteiger partial charge in [-0.3, -0.25) is 0 Å². The van der Waals surface area contributed by atoms with Crippen molar-refractivity contribution in [3.05, 3.63) is 87.9 Å². The molecule has 3 aromatic carbocycles. The number of furan rings is 1. The highest BCUT2D eigenvalue weighted by atomic mass is 79.9. The second-order valence-electron chi connectivity index (χ2n) is 6.89. The van der Waals surface area contributed by atoms with Crippen molar-refractivity contribution in [2.45, 2.75) is 20.5 Å². The fourth-order valence-electron chi connectivity index (χ4n) is 3.34. The van der Waals surface area contributed by atoms with Crippen LogP contribution in [-0.4, -0.2) is 12.6 Å². The first-order chi connectivity index (χ1) is 14.6. The lowest BCUT2D eigenvalue weighted by Gasteiger charge is -2.10. The summed E-state index contributed by atoms with van der Waals surface area (Å²) in [7, 11) is 0. The van der Waals surface area contributed by atoms with Crippen molar-refractivity contribution in [1.29, 1.82) is 0 Å². The van der Waals surface area contributed by atoms with Gasteiger partial charge >= 0.3 is 5.97 Å². The van der Waals surface area contributed by atoms with Gasteiger partial charge in [0.2, 0.25) is 0 Å². The summed E-state index contributed by atoms with van der Waals surface area (Å²) in [5.41, 5.74) is 4.08. The van der Waals surface area contributed by atoms with Crippen molar-refractivity contribution in [3.8, 4) is 17.1 Å². The number of fused-ring (bicyclic) bond motifs is 1. The highest BCUT2D eigenvalue weighted by Crippen LogP contribution is 2.39. The Balaban J connectivity index is 1.79. The van der Waals surface area contributed by atoms with Gasteiger partial charge in [-0.05, 0) is 53.0 Å². The summed E-state index contributed by atoms with van der Waals surface area (Å²) in [5.74, 6) is 0.714. The lowest BCUT2D eigenvalue weighted by atomic mass is 10.1. The zero-order chi connectivity index (χ0) is 21.1. The van der Waals surface area contributed by atoms with E-state index in [2.05, 4.69) is 28.9 Å². The quantitative estimate of drug-likeness (QED) is 0.290. The van der Waals surface area contributed by atoms with Gasteiger partial charge < -0.3 is 13.9 Å². The number of esters is 1. The van der Waals surface area contributed by atoms with Crippen LogP contribution in [0.2, 0.25) is 0 Å². The Kier molecular flexibility index (Phi) is 5.91. The van der Waals surface area contributed by atoms with E-state index in [1.165, 1.54) is 0 Å². The van der Waals surface area contributed by atoms with Crippen LogP contribution in [0.4, 0.5) is 0 Å². The van der Waals surface area contributed by atoms with Gasteiger partial charge in [0, 0.05) is 10.9 Å². The van der Waals surface area contributed by atoms with Gasteiger partial charge in [-0.25, -0.2) is 4.79 Å². The average molecular weight is 465 g/mol. The van der Waals surface area contributed by atoms with Crippen LogP contribution in [0.3, 0.4) is 0 Å². The van der Waals surface area contributed by atoms with E-state index in [0.29, 0.717) is 34.6 Å². The first-order valence-corrected chi connectivity index (χ1v) is 10.5. The Morgan fingerprint density at radius 3 is 2.50 bits per heavy atom. The molecule has 4 nitrogen and oxygen atoms in total. The maximum absolute atomic E-state index is 12.8. The minimum Gasteiger partial charge on any atom is -0.488 e. The third kappa shape index (κ3) is 3.98. The molecule has 5 heteroatoms. The van der Waals surface area contributed by atoms with Crippen LogP contribution in [0.15, 0.2) is 75.6 Å². The molecule has 0 fully saturated rings. The molecule has 30 heavy (non-hydrogen) atoms. The summed E-state index contributed by atoms with van der Waals surface area (Å²) in [5, 5.41) is 0.662. The van der Waals surface area contributed by atoms with Crippen LogP contribution in [-0.2, 0) is 11.3 Å². The van der Waals surface area contributed by atoms with Crippen LogP contribution in [0, 0.1) is 6.92 Å². The Bertz CT molecular complexity index is 1190. The standard InChI is InChI=1S/C25H21BrO4/c1-3-28-25(27)23-19-13-22(29-15-18-12-8-7-9-16(18)2)20(26)14-21(19)30-24(23)17-10-5-4-6-11-17/h4-14H,3,15H2,1-2H3. The number of hydrogen-bond acceptors (Lipinski definition) is 4.